The number of aromatic nitrogens is 1. The zero-order valence-corrected chi connectivity index (χ0v) is 12.7. The smallest absolute Gasteiger partial charge is 0.412 e. The van der Waals surface area contributed by atoms with Crippen molar-refractivity contribution in [3.05, 3.63) is 23.3 Å². The molecule has 1 heterocycles. The van der Waals surface area contributed by atoms with Gasteiger partial charge in [0.15, 0.2) is 0 Å². The fourth-order valence-electron chi connectivity index (χ4n) is 1.24. The Bertz CT molecular complexity index is 440. The largest absolute Gasteiger partial charge is 0.444 e. The topological polar surface area (TPSA) is 51.2 Å². The molecule has 1 aromatic heterocycles. The molecule has 4 nitrogen and oxygen atoms in total. The van der Waals surface area contributed by atoms with E-state index in [1.54, 1.807) is 34.6 Å². The van der Waals surface area contributed by atoms with E-state index < -0.39 is 17.5 Å². The Hall–Kier alpha value is -1.65. The van der Waals surface area contributed by atoms with Crippen LogP contribution >= 0.6 is 0 Å². The summed E-state index contributed by atoms with van der Waals surface area (Å²) in [7, 11) is 0. The van der Waals surface area contributed by atoms with Crippen LogP contribution in [0, 0.1) is 19.7 Å². The molecule has 0 saturated heterocycles. The monoisotopic (exact) mass is 270 g/mol. The fourth-order valence-corrected chi connectivity index (χ4v) is 1.24. The van der Waals surface area contributed by atoms with E-state index in [0.29, 0.717) is 16.9 Å². The second kappa shape index (κ2) is 7.07. The highest BCUT2D eigenvalue weighted by atomic mass is 19.1. The molecular weight excluding hydrogens is 247 g/mol. The van der Waals surface area contributed by atoms with Crippen LogP contribution in [-0.2, 0) is 4.74 Å². The molecule has 0 spiro atoms. The van der Waals surface area contributed by atoms with Gasteiger partial charge in [0.05, 0.1) is 17.6 Å². The van der Waals surface area contributed by atoms with E-state index in [2.05, 4.69) is 10.3 Å². The number of amides is 1. The number of pyridine rings is 1. The van der Waals surface area contributed by atoms with Gasteiger partial charge in [-0.2, -0.15) is 0 Å². The van der Waals surface area contributed by atoms with Gasteiger partial charge < -0.3 is 4.74 Å². The summed E-state index contributed by atoms with van der Waals surface area (Å²) >= 11 is 0. The molecule has 1 amide bonds. The molecule has 0 aromatic carbocycles. The van der Waals surface area contributed by atoms with Crippen molar-refractivity contribution in [1.29, 1.82) is 0 Å². The lowest BCUT2D eigenvalue weighted by Gasteiger charge is -2.20. The Balaban J connectivity index is 0.00000154. The van der Waals surface area contributed by atoms with Crippen molar-refractivity contribution < 1.29 is 13.9 Å². The Morgan fingerprint density at radius 1 is 1.32 bits per heavy atom. The van der Waals surface area contributed by atoms with Gasteiger partial charge in [0.1, 0.15) is 11.4 Å². The Labute approximate surface area is 114 Å². The van der Waals surface area contributed by atoms with Crippen LogP contribution in [0.4, 0.5) is 14.9 Å². The van der Waals surface area contributed by atoms with Crippen LogP contribution in [0.2, 0.25) is 0 Å². The maximum atomic E-state index is 13.5. The maximum absolute atomic E-state index is 13.5. The van der Waals surface area contributed by atoms with Crippen LogP contribution < -0.4 is 5.32 Å². The van der Waals surface area contributed by atoms with Gasteiger partial charge in [-0.05, 0) is 34.6 Å². The first-order chi connectivity index (χ1) is 8.70. The van der Waals surface area contributed by atoms with Crippen molar-refractivity contribution >= 4 is 11.8 Å². The minimum absolute atomic E-state index is 0.303. The van der Waals surface area contributed by atoms with E-state index in [9.17, 15) is 9.18 Å². The van der Waals surface area contributed by atoms with Crippen LogP contribution in [0.3, 0.4) is 0 Å². The van der Waals surface area contributed by atoms with Gasteiger partial charge >= 0.3 is 6.09 Å². The zero-order valence-electron chi connectivity index (χ0n) is 12.7. The molecule has 0 atom stereocenters. The van der Waals surface area contributed by atoms with E-state index in [4.69, 9.17) is 4.74 Å². The van der Waals surface area contributed by atoms with E-state index in [1.165, 1.54) is 6.20 Å². The zero-order chi connectivity index (χ0) is 15.2. The molecule has 19 heavy (non-hydrogen) atoms. The third kappa shape index (κ3) is 5.68. The number of rotatable bonds is 1. The predicted octanol–water partition coefficient (Wildman–Crippen LogP) is 4.21. The number of ether oxygens (including phenoxy) is 1. The van der Waals surface area contributed by atoms with Crippen molar-refractivity contribution in [3.63, 3.8) is 0 Å². The number of anilines is 1. The summed E-state index contributed by atoms with van der Waals surface area (Å²) in [5.41, 5.74) is 0.386. The number of hydrogen-bond acceptors (Lipinski definition) is 3. The maximum Gasteiger partial charge on any atom is 0.412 e. The minimum atomic E-state index is -0.620. The Morgan fingerprint density at radius 2 is 1.84 bits per heavy atom. The minimum Gasteiger partial charge on any atom is -0.444 e. The van der Waals surface area contributed by atoms with Crippen LogP contribution in [0.25, 0.3) is 0 Å². The summed E-state index contributed by atoms with van der Waals surface area (Å²) in [6.07, 6.45) is 0.795. The summed E-state index contributed by atoms with van der Waals surface area (Å²) in [4.78, 5) is 15.3. The van der Waals surface area contributed by atoms with Gasteiger partial charge in [-0.1, -0.05) is 13.8 Å². The quantitative estimate of drug-likeness (QED) is 0.831. The van der Waals surface area contributed by atoms with Crippen LogP contribution in [-0.4, -0.2) is 16.7 Å². The van der Waals surface area contributed by atoms with Crippen LogP contribution in [0.1, 0.15) is 45.9 Å². The molecule has 0 bridgehead atoms. The molecule has 0 radical (unpaired) electrons. The van der Waals surface area contributed by atoms with Crippen molar-refractivity contribution in [3.8, 4) is 0 Å². The van der Waals surface area contributed by atoms with E-state index >= 15 is 0 Å². The number of hydrogen-bond donors (Lipinski definition) is 1. The van der Waals surface area contributed by atoms with Gasteiger partial charge in [-0.25, -0.2) is 9.18 Å². The Morgan fingerprint density at radius 3 is 2.32 bits per heavy atom. The average Bonchev–Trinajstić information content (AvgIpc) is 2.30. The lowest BCUT2D eigenvalue weighted by Crippen LogP contribution is -2.27. The lowest BCUT2D eigenvalue weighted by atomic mass is 10.2. The molecule has 0 fully saturated rings. The first-order valence-electron chi connectivity index (χ1n) is 6.32. The van der Waals surface area contributed by atoms with Gasteiger partial charge in [0.25, 0.3) is 0 Å². The lowest BCUT2D eigenvalue weighted by molar-refractivity contribution is 0.0635. The van der Waals surface area contributed by atoms with Gasteiger partial charge in [-0.3, -0.25) is 10.3 Å². The standard InChI is InChI=1S/C12H17FN2O2.C2H6/c1-7-9(6-14-8(2)10(7)13)15-11(16)17-12(3,4)5;1-2/h6H,1-5H3,(H,15,16);1-2H3. The molecule has 0 unspecified atom stereocenters. The molecule has 0 aliphatic carbocycles. The molecule has 1 aromatic rings. The first kappa shape index (κ1) is 17.4. The molecule has 1 rings (SSSR count). The highest BCUT2D eigenvalue weighted by Crippen LogP contribution is 2.19. The van der Waals surface area contributed by atoms with E-state index in [-0.39, 0.29) is 0 Å². The number of carbonyl (C=O) groups excluding carboxylic acids is 1. The summed E-state index contributed by atoms with van der Waals surface area (Å²) in [6.45, 7) is 12.4. The summed E-state index contributed by atoms with van der Waals surface area (Å²) in [5.74, 6) is -0.418. The van der Waals surface area contributed by atoms with Crippen LogP contribution in [0.5, 0.6) is 0 Å². The number of nitrogens with zero attached hydrogens (tertiary/aromatic N) is 1. The molecule has 1 N–H and O–H groups in total. The summed E-state index contributed by atoms with van der Waals surface area (Å²) in [6, 6.07) is 0. The molecule has 0 aliphatic heterocycles. The molecule has 0 aliphatic rings. The van der Waals surface area contributed by atoms with Gasteiger partial charge in [-0.15, -0.1) is 0 Å². The summed E-state index contributed by atoms with van der Waals surface area (Å²) < 4.78 is 18.6. The second-order valence-corrected chi connectivity index (χ2v) is 4.82. The van der Waals surface area contributed by atoms with Crippen molar-refractivity contribution in [2.45, 2.75) is 54.1 Å². The number of nitrogens with one attached hydrogen (secondary N) is 1. The van der Waals surface area contributed by atoms with Crippen LogP contribution in [0.15, 0.2) is 6.20 Å². The number of aryl methyl sites for hydroxylation is 1. The fraction of sp³-hybridized carbons (Fsp3) is 0.571. The third-order valence-electron chi connectivity index (χ3n) is 2.07. The SMILES string of the molecule is CC.Cc1ncc(NC(=O)OC(C)(C)C)c(C)c1F. The Kier molecular flexibility index (Phi) is 6.45. The number of halogens is 1. The van der Waals surface area contributed by atoms with Gasteiger partial charge in [0.2, 0.25) is 0 Å². The van der Waals surface area contributed by atoms with E-state index in [0.717, 1.165) is 0 Å². The van der Waals surface area contributed by atoms with Crippen molar-refractivity contribution in [2.75, 3.05) is 5.32 Å². The highest BCUT2D eigenvalue weighted by molar-refractivity contribution is 5.85. The molecule has 0 saturated carbocycles. The number of carbonyl (C=O) groups is 1. The second-order valence-electron chi connectivity index (χ2n) is 4.82. The normalized spacial score (nSPS) is 10.3. The predicted molar refractivity (Wildman–Crippen MR) is 74.9 cm³/mol. The van der Waals surface area contributed by atoms with Gasteiger partial charge in [0, 0.05) is 5.56 Å². The molecular formula is C14H23FN2O2. The highest BCUT2D eigenvalue weighted by Gasteiger charge is 2.17. The van der Waals surface area contributed by atoms with Crippen molar-refractivity contribution in [1.82, 2.24) is 4.98 Å². The summed E-state index contributed by atoms with van der Waals surface area (Å²) in [5, 5.41) is 2.47. The average molecular weight is 270 g/mol. The molecule has 5 heteroatoms. The van der Waals surface area contributed by atoms with Crippen molar-refractivity contribution in [2.24, 2.45) is 0 Å². The third-order valence-corrected chi connectivity index (χ3v) is 2.07. The molecule has 108 valence electrons. The van der Waals surface area contributed by atoms with E-state index in [1.807, 2.05) is 13.8 Å². The first-order valence-corrected chi connectivity index (χ1v) is 6.32.